The van der Waals surface area contributed by atoms with Gasteiger partial charge in [0.05, 0.1) is 0 Å². The molecular formula is C9H12. The van der Waals surface area contributed by atoms with E-state index in [9.17, 15) is 0 Å². The van der Waals surface area contributed by atoms with E-state index in [0.717, 1.165) is 5.57 Å². The number of hydrogen-bond donors (Lipinski definition) is 0. The molecule has 0 saturated heterocycles. The highest BCUT2D eigenvalue weighted by Crippen LogP contribution is 2.52. The van der Waals surface area contributed by atoms with E-state index in [2.05, 4.69) is 19.7 Å². The number of allylic oxidation sites excluding steroid dienone is 3. The molecule has 1 aliphatic rings. The summed E-state index contributed by atoms with van der Waals surface area (Å²) in [6.45, 7) is 11.3. The van der Waals surface area contributed by atoms with Crippen LogP contribution in [0.15, 0.2) is 37.5 Å². The Morgan fingerprint density at radius 3 is 2.00 bits per heavy atom. The van der Waals surface area contributed by atoms with E-state index in [0.29, 0.717) is 0 Å². The van der Waals surface area contributed by atoms with Gasteiger partial charge in [-0.2, -0.15) is 0 Å². The van der Waals surface area contributed by atoms with E-state index in [4.69, 9.17) is 0 Å². The summed E-state index contributed by atoms with van der Waals surface area (Å²) < 4.78 is 0. The van der Waals surface area contributed by atoms with E-state index in [1.54, 1.807) is 0 Å². The molecule has 0 amide bonds. The maximum absolute atomic E-state index is 3.89. The minimum absolute atomic E-state index is 0.252. The maximum Gasteiger partial charge on any atom is 0.0124 e. The fourth-order valence-corrected chi connectivity index (χ4v) is 0.994. The molecule has 1 saturated carbocycles. The lowest BCUT2D eigenvalue weighted by molar-refractivity contribution is 0.818. The molecule has 0 bridgehead atoms. The van der Waals surface area contributed by atoms with E-state index < -0.39 is 0 Å². The summed E-state index contributed by atoms with van der Waals surface area (Å²) in [5, 5.41) is 0. The van der Waals surface area contributed by atoms with E-state index in [1.165, 1.54) is 12.8 Å². The standard InChI is InChI=1S/C9H12/c1-4-8(3)9(5-2)6-7-9/h4-5H,1-3,6-7H2. The average molecular weight is 120 g/mol. The zero-order chi connectivity index (χ0) is 6.91. The van der Waals surface area contributed by atoms with Crippen molar-refractivity contribution in [2.75, 3.05) is 0 Å². The summed E-state index contributed by atoms with van der Waals surface area (Å²) in [6, 6.07) is 0. The summed E-state index contributed by atoms with van der Waals surface area (Å²) in [6.07, 6.45) is 6.23. The molecule has 0 unspecified atom stereocenters. The Labute approximate surface area is 56.6 Å². The minimum Gasteiger partial charge on any atom is -0.102 e. The van der Waals surface area contributed by atoms with Crippen molar-refractivity contribution in [3.8, 4) is 0 Å². The van der Waals surface area contributed by atoms with E-state index >= 15 is 0 Å². The third-order valence-corrected chi connectivity index (χ3v) is 2.07. The monoisotopic (exact) mass is 120 g/mol. The molecule has 0 radical (unpaired) electrons. The first kappa shape index (κ1) is 6.34. The van der Waals surface area contributed by atoms with Crippen LogP contribution in [0.3, 0.4) is 0 Å². The topological polar surface area (TPSA) is 0 Å². The lowest BCUT2D eigenvalue weighted by Crippen LogP contribution is -1.94. The van der Waals surface area contributed by atoms with Gasteiger partial charge in [-0.25, -0.2) is 0 Å². The third-order valence-electron chi connectivity index (χ3n) is 2.07. The van der Waals surface area contributed by atoms with Gasteiger partial charge in [-0.1, -0.05) is 25.3 Å². The van der Waals surface area contributed by atoms with Crippen molar-refractivity contribution < 1.29 is 0 Å². The van der Waals surface area contributed by atoms with Crippen molar-refractivity contribution in [1.82, 2.24) is 0 Å². The molecule has 0 N–H and O–H groups in total. The Morgan fingerprint density at radius 2 is 1.89 bits per heavy atom. The van der Waals surface area contributed by atoms with Crippen LogP contribution >= 0.6 is 0 Å². The smallest absolute Gasteiger partial charge is 0.0124 e. The molecule has 0 aromatic rings. The Morgan fingerprint density at radius 1 is 1.33 bits per heavy atom. The highest BCUT2D eigenvalue weighted by Gasteiger charge is 2.40. The molecule has 0 aromatic carbocycles. The molecule has 0 nitrogen and oxygen atoms in total. The quantitative estimate of drug-likeness (QED) is 0.397. The van der Waals surface area contributed by atoms with Crippen molar-refractivity contribution in [3.63, 3.8) is 0 Å². The first-order valence-corrected chi connectivity index (χ1v) is 3.20. The summed E-state index contributed by atoms with van der Waals surface area (Å²) >= 11 is 0. The van der Waals surface area contributed by atoms with Crippen molar-refractivity contribution in [1.29, 1.82) is 0 Å². The zero-order valence-corrected chi connectivity index (χ0v) is 5.69. The summed E-state index contributed by atoms with van der Waals surface area (Å²) in [4.78, 5) is 0. The first-order chi connectivity index (χ1) is 4.25. The molecular weight excluding hydrogens is 108 g/mol. The summed E-state index contributed by atoms with van der Waals surface area (Å²) in [5.41, 5.74) is 1.37. The SMILES string of the molecule is C=CC(=C)C1(C=C)CC1. The second-order valence-corrected chi connectivity index (χ2v) is 2.59. The molecule has 9 heavy (non-hydrogen) atoms. The van der Waals surface area contributed by atoms with Gasteiger partial charge in [-0.15, -0.1) is 6.58 Å². The summed E-state index contributed by atoms with van der Waals surface area (Å²) in [7, 11) is 0. The van der Waals surface area contributed by atoms with Crippen LogP contribution in [-0.4, -0.2) is 0 Å². The second-order valence-electron chi connectivity index (χ2n) is 2.59. The third kappa shape index (κ3) is 0.849. The van der Waals surface area contributed by atoms with Crippen LogP contribution in [0.25, 0.3) is 0 Å². The van der Waals surface area contributed by atoms with Gasteiger partial charge in [-0.3, -0.25) is 0 Å². The average Bonchev–Trinajstić information content (AvgIpc) is 2.66. The molecule has 0 heteroatoms. The van der Waals surface area contributed by atoms with Gasteiger partial charge in [0, 0.05) is 5.41 Å². The molecule has 0 atom stereocenters. The number of hydrogen-bond acceptors (Lipinski definition) is 0. The predicted octanol–water partition coefficient (Wildman–Crippen LogP) is 2.69. The predicted molar refractivity (Wildman–Crippen MR) is 41.2 cm³/mol. The van der Waals surface area contributed by atoms with Crippen molar-refractivity contribution >= 4 is 0 Å². The second kappa shape index (κ2) is 1.87. The zero-order valence-electron chi connectivity index (χ0n) is 5.69. The highest BCUT2D eigenvalue weighted by molar-refractivity contribution is 5.33. The van der Waals surface area contributed by atoms with Gasteiger partial charge in [0.25, 0.3) is 0 Å². The normalized spacial score (nSPS) is 20.4. The van der Waals surface area contributed by atoms with Gasteiger partial charge >= 0.3 is 0 Å². The van der Waals surface area contributed by atoms with Gasteiger partial charge < -0.3 is 0 Å². The Hall–Kier alpha value is -0.780. The largest absolute Gasteiger partial charge is 0.102 e. The van der Waals surface area contributed by atoms with Crippen LogP contribution in [-0.2, 0) is 0 Å². The lowest BCUT2D eigenvalue weighted by atomic mass is 9.98. The highest BCUT2D eigenvalue weighted by atomic mass is 14.4. The van der Waals surface area contributed by atoms with Gasteiger partial charge in [0.15, 0.2) is 0 Å². The van der Waals surface area contributed by atoms with Gasteiger partial charge in [-0.05, 0) is 18.4 Å². The van der Waals surface area contributed by atoms with Gasteiger partial charge in [0.1, 0.15) is 0 Å². The molecule has 48 valence electrons. The minimum atomic E-state index is 0.252. The molecule has 1 aliphatic carbocycles. The van der Waals surface area contributed by atoms with Crippen LogP contribution in [0.1, 0.15) is 12.8 Å². The fraction of sp³-hybridized carbons (Fsp3) is 0.333. The maximum atomic E-state index is 3.89. The fourth-order valence-electron chi connectivity index (χ4n) is 0.994. The van der Waals surface area contributed by atoms with Crippen molar-refractivity contribution in [2.24, 2.45) is 5.41 Å². The first-order valence-electron chi connectivity index (χ1n) is 3.20. The molecule has 0 aromatic heterocycles. The molecule has 1 rings (SSSR count). The molecule has 1 fully saturated rings. The van der Waals surface area contributed by atoms with Crippen molar-refractivity contribution in [2.45, 2.75) is 12.8 Å². The van der Waals surface area contributed by atoms with Crippen LogP contribution < -0.4 is 0 Å². The van der Waals surface area contributed by atoms with Crippen molar-refractivity contribution in [3.05, 3.63) is 37.5 Å². The van der Waals surface area contributed by atoms with Crippen LogP contribution in [0.2, 0.25) is 0 Å². The van der Waals surface area contributed by atoms with E-state index in [-0.39, 0.29) is 5.41 Å². The molecule has 0 aliphatic heterocycles. The van der Waals surface area contributed by atoms with Crippen LogP contribution in [0.5, 0.6) is 0 Å². The van der Waals surface area contributed by atoms with Crippen LogP contribution in [0.4, 0.5) is 0 Å². The van der Waals surface area contributed by atoms with Crippen LogP contribution in [0, 0.1) is 5.41 Å². The number of rotatable bonds is 3. The Kier molecular flexibility index (Phi) is 1.32. The molecule has 0 spiro atoms. The Bertz CT molecular complexity index is 159. The van der Waals surface area contributed by atoms with Gasteiger partial charge in [0.2, 0.25) is 0 Å². The molecule has 0 heterocycles. The van der Waals surface area contributed by atoms with E-state index in [1.807, 2.05) is 12.2 Å². The lowest BCUT2D eigenvalue weighted by Gasteiger charge is -2.06. The Balaban J connectivity index is 2.70. The summed E-state index contributed by atoms with van der Waals surface area (Å²) in [5.74, 6) is 0.